The van der Waals surface area contributed by atoms with E-state index in [9.17, 15) is 26.4 Å². The van der Waals surface area contributed by atoms with E-state index in [1.807, 2.05) is 0 Å². The van der Waals surface area contributed by atoms with Crippen LogP contribution >= 0.6 is 0 Å². The molecule has 1 amide bonds. The topological polar surface area (TPSA) is 66.5 Å². The van der Waals surface area contributed by atoms with E-state index in [2.05, 4.69) is 5.32 Å². The fraction of sp³-hybridized carbons (Fsp3) is 0.462. The van der Waals surface area contributed by atoms with Gasteiger partial charge in [-0.1, -0.05) is 12.1 Å². The molecule has 0 unspecified atom stereocenters. The summed E-state index contributed by atoms with van der Waals surface area (Å²) in [5.41, 5.74) is 1.67. The number of hydrogen-bond donors (Lipinski definition) is 1. The molecule has 0 aromatic heterocycles. The van der Waals surface area contributed by atoms with Gasteiger partial charge >= 0.3 is 6.18 Å². The first kappa shape index (κ1) is 16.8. The molecule has 0 fully saturated rings. The first-order valence-corrected chi connectivity index (χ1v) is 8.33. The molecule has 2 rings (SSSR count). The van der Waals surface area contributed by atoms with Crippen molar-refractivity contribution >= 4 is 21.6 Å². The summed E-state index contributed by atoms with van der Waals surface area (Å²) < 4.78 is 61.0. The van der Waals surface area contributed by atoms with E-state index in [1.165, 1.54) is 10.4 Å². The SMILES string of the molecule is CS(=O)(=O)N1CCc2c(cccc2NC(=O)CC(F)(F)F)C1. The van der Waals surface area contributed by atoms with Gasteiger partial charge in [-0.25, -0.2) is 8.42 Å². The monoisotopic (exact) mass is 336 g/mol. The van der Waals surface area contributed by atoms with Crippen LogP contribution in [0.25, 0.3) is 0 Å². The smallest absolute Gasteiger partial charge is 0.326 e. The van der Waals surface area contributed by atoms with Crippen molar-refractivity contribution in [2.45, 2.75) is 25.6 Å². The number of anilines is 1. The lowest BCUT2D eigenvalue weighted by atomic mass is 9.99. The Balaban J connectivity index is 2.19. The number of carbonyl (C=O) groups is 1. The van der Waals surface area contributed by atoms with Crippen molar-refractivity contribution in [1.29, 1.82) is 0 Å². The van der Waals surface area contributed by atoms with Gasteiger partial charge in [0.25, 0.3) is 0 Å². The molecule has 0 aliphatic carbocycles. The molecule has 1 aliphatic rings. The van der Waals surface area contributed by atoms with E-state index in [4.69, 9.17) is 0 Å². The number of hydrogen-bond acceptors (Lipinski definition) is 3. The van der Waals surface area contributed by atoms with Gasteiger partial charge in [0.15, 0.2) is 0 Å². The molecule has 9 heteroatoms. The summed E-state index contributed by atoms with van der Waals surface area (Å²) in [5.74, 6) is -1.13. The van der Waals surface area contributed by atoms with Crippen LogP contribution in [0.5, 0.6) is 0 Å². The number of nitrogens with one attached hydrogen (secondary N) is 1. The van der Waals surface area contributed by atoms with Crippen LogP contribution in [-0.4, -0.2) is 37.6 Å². The Kier molecular flexibility index (Phi) is 4.48. The molecular formula is C13H15F3N2O3S. The van der Waals surface area contributed by atoms with Crippen LogP contribution in [0.3, 0.4) is 0 Å². The van der Waals surface area contributed by atoms with Gasteiger partial charge in [0.1, 0.15) is 6.42 Å². The fourth-order valence-corrected chi connectivity index (χ4v) is 3.16. The fourth-order valence-electron chi connectivity index (χ4n) is 2.36. The van der Waals surface area contributed by atoms with Crippen LogP contribution in [0.2, 0.25) is 0 Å². The Bertz CT molecular complexity index is 686. The van der Waals surface area contributed by atoms with Crippen molar-refractivity contribution in [1.82, 2.24) is 4.31 Å². The van der Waals surface area contributed by atoms with Crippen LogP contribution in [0, 0.1) is 0 Å². The van der Waals surface area contributed by atoms with Gasteiger partial charge in [0.05, 0.1) is 6.26 Å². The molecule has 0 atom stereocenters. The van der Waals surface area contributed by atoms with Gasteiger partial charge in [0, 0.05) is 18.8 Å². The number of amides is 1. The second kappa shape index (κ2) is 5.88. The zero-order valence-electron chi connectivity index (χ0n) is 11.8. The molecule has 0 saturated heterocycles. The average molecular weight is 336 g/mol. The van der Waals surface area contributed by atoms with Crippen LogP contribution in [0.15, 0.2) is 18.2 Å². The highest BCUT2D eigenvalue weighted by molar-refractivity contribution is 7.88. The summed E-state index contributed by atoms with van der Waals surface area (Å²) in [6.45, 7) is 0.384. The highest BCUT2D eigenvalue weighted by Crippen LogP contribution is 2.28. The highest BCUT2D eigenvalue weighted by Gasteiger charge is 2.32. The molecular weight excluding hydrogens is 321 g/mol. The number of benzene rings is 1. The Morgan fingerprint density at radius 3 is 2.64 bits per heavy atom. The van der Waals surface area contributed by atoms with E-state index in [0.717, 1.165) is 6.26 Å². The van der Waals surface area contributed by atoms with Gasteiger partial charge in [-0.2, -0.15) is 17.5 Å². The third kappa shape index (κ3) is 4.20. The molecule has 0 spiro atoms. The normalized spacial score (nSPS) is 16.2. The summed E-state index contributed by atoms with van der Waals surface area (Å²) >= 11 is 0. The summed E-state index contributed by atoms with van der Waals surface area (Å²) in [6.07, 6.45) is -4.67. The Hall–Kier alpha value is -1.61. The first-order chi connectivity index (χ1) is 10.1. The maximum atomic E-state index is 12.2. The van der Waals surface area contributed by atoms with Crippen molar-refractivity contribution in [2.75, 3.05) is 18.1 Å². The van der Waals surface area contributed by atoms with Crippen LogP contribution in [0.1, 0.15) is 17.5 Å². The first-order valence-electron chi connectivity index (χ1n) is 6.49. The maximum absolute atomic E-state index is 12.2. The molecule has 122 valence electrons. The van der Waals surface area contributed by atoms with E-state index < -0.39 is 28.5 Å². The van der Waals surface area contributed by atoms with E-state index in [-0.39, 0.29) is 13.1 Å². The summed E-state index contributed by atoms with van der Waals surface area (Å²) in [4.78, 5) is 11.4. The van der Waals surface area contributed by atoms with Crippen molar-refractivity contribution in [2.24, 2.45) is 0 Å². The quantitative estimate of drug-likeness (QED) is 0.917. The number of fused-ring (bicyclic) bond motifs is 1. The predicted octanol–water partition coefficient (Wildman–Crippen LogP) is 1.90. The standard InChI is InChI=1S/C13H15F3N2O3S/c1-22(20,21)18-6-5-10-9(8-18)3-2-4-11(10)17-12(19)7-13(14,15)16/h2-4H,5-8H2,1H3,(H,17,19). The third-order valence-corrected chi connectivity index (χ3v) is 4.58. The minimum Gasteiger partial charge on any atom is -0.326 e. The van der Waals surface area contributed by atoms with Gasteiger partial charge in [0.2, 0.25) is 15.9 Å². The number of rotatable bonds is 3. The second-order valence-corrected chi connectivity index (χ2v) is 7.11. The molecule has 1 aromatic carbocycles. The molecule has 1 aromatic rings. The van der Waals surface area contributed by atoms with Gasteiger partial charge in [-0.05, 0) is 23.6 Å². The van der Waals surface area contributed by atoms with Crippen molar-refractivity contribution in [3.8, 4) is 0 Å². The number of sulfonamides is 1. The number of nitrogens with zero attached hydrogens (tertiary/aromatic N) is 1. The molecule has 1 aliphatic heterocycles. The average Bonchev–Trinajstić information content (AvgIpc) is 2.35. The van der Waals surface area contributed by atoms with Crippen LogP contribution < -0.4 is 5.32 Å². The van der Waals surface area contributed by atoms with E-state index in [1.54, 1.807) is 12.1 Å². The van der Waals surface area contributed by atoms with Gasteiger partial charge < -0.3 is 5.32 Å². The number of alkyl halides is 3. The number of carbonyl (C=O) groups excluding carboxylic acids is 1. The summed E-state index contributed by atoms with van der Waals surface area (Å²) in [7, 11) is -3.33. The predicted molar refractivity (Wildman–Crippen MR) is 74.7 cm³/mol. The van der Waals surface area contributed by atoms with E-state index >= 15 is 0 Å². The zero-order valence-corrected chi connectivity index (χ0v) is 12.6. The highest BCUT2D eigenvalue weighted by atomic mass is 32.2. The zero-order chi connectivity index (χ0) is 16.5. The lowest BCUT2D eigenvalue weighted by Gasteiger charge is -2.28. The summed E-state index contributed by atoms with van der Waals surface area (Å²) in [5, 5.41) is 2.25. The lowest BCUT2D eigenvalue weighted by Crippen LogP contribution is -2.35. The molecule has 5 nitrogen and oxygen atoms in total. The van der Waals surface area contributed by atoms with Crippen LogP contribution in [0.4, 0.5) is 18.9 Å². The molecule has 0 bridgehead atoms. The van der Waals surface area contributed by atoms with Crippen LogP contribution in [-0.2, 0) is 27.8 Å². The Morgan fingerprint density at radius 1 is 1.36 bits per heavy atom. The largest absolute Gasteiger partial charge is 0.397 e. The maximum Gasteiger partial charge on any atom is 0.397 e. The molecule has 22 heavy (non-hydrogen) atoms. The van der Waals surface area contributed by atoms with Gasteiger partial charge in [-0.3, -0.25) is 4.79 Å². The Morgan fingerprint density at radius 2 is 2.05 bits per heavy atom. The molecule has 0 saturated carbocycles. The minimum atomic E-state index is -4.56. The molecule has 1 N–H and O–H groups in total. The Labute approximate surface area is 126 Å². The molecule has 0 radical (unpaired) electrons. The van der Waals surface area contributed by atoms with Crippen molar-refractivity contribution in [3.05, 3.63) is 29.3 Å². The van der Waals surface area contributed by atoms with Crippen molar-refractivity contribution < 1.29 is 26.4 Å². The van der Waals surface area contributed by atoms with Gasteiger partial charge in [-0.15, -0.1) is 0 Å². The minimum absolute atomic E-state index is 0.150. The summed E-state index contributed by atoms with van der Waals surface area (Å²) in [6, 6.07) is 4.79. The third-order valence-electron chi connectivity index (χ3n) is 3.34. The number of halogens is 3. The van der Waals surface area contributed by atoms with Crippen molar-refractivity contribution in [3.63, 3.8) is 0 Å². The lowest BCUT2D eigenvalue weighted by molar-refractivity contribution is -0.150. The molecule has 1 heterocycles. The second-order valence-electron chi connectivity index (χ2n) is 5.13. The van der Waals surface area contributed by atoms with E-state index in [0.29, 0.717) is 23.2 Å².